The third-order valence-electron chi connectivity index (χ3n) is 3.57. The van der Waals surface area contributed by atoms with Crippen molar-refractivity contribution in [3.05, 3.63) is 48.2 Å². The molecule has 1 aromatic carbocycles. The van der Waals surface area contributed by atoms with Gasteiger partial charge >= 0.3 is 6.18 Å². The highest BCUT2D eigenvalue weighted by molar-refractivity contribution is 5.99. The van der Waals surface area contributed by atoms with Crippen LogP contribution >= 0.6 is 0 Å². The summed E-state index contributed by atoms with van der Waals surface area (Å²) in [7, 11) is 0. The van der Waals surface area contributed by atoms with Gasteiger partial charge in [0, 0.05) is 12.8 Å². The molecule has 26 heavy (non-hydrogen) atoms. The van der Waals surface area contributed by atoms with Crippen molar-refractivity contribution in [2.24, 2.45) is 0 Å². The van der Waals surface area contributed by atoms with Gasteiger partial charge < -0.3 is 5.32 Å². The van der Waals surface area contributed by atoms with Crippen molar-refractivity contribution in [2.45, 2.75) is 32.9 Å². The van der Waals surface area contributed by atoms with E-state index in [1.165, 1.54) is 24.4 Å². The number of carbonyl (C=O) groups is 2. The Morgan fingerprint density at radius 1 is 1.12 bits per heavy atom. The van der Waals surface area contributed by atoms with E-state index in [0.717, 1.165) is 17.0 Å². The second kappa shape index (κ2) is 7.99. The lowest BCUT2D eigenvalue weighted by Crippen LogP contribution is -2.26. The number of alkyl halides is 3. The van der Waals surface area contributed by atoms with Gasteiger partial charge in [0.25, 0.3) is 0 Å². The molecule has 2 aromatic rings. The maximum Gasteiger partial charge on any atom is 0.416 e. The van der Waals surface area contributed by atoms with Crippen LogP contribution in [-0.4, -0.2) is 16.8 Å². The van der Waals surface area contributed by atoms with E-state index in [4.69, 9.17) is 0 Å². The smallest absolute Gasteiger partial charge is 0.325 e. The third-order valence-corrected chi connectivity index (χ3v) is 3.57. The van der Waals surface area contributed by atoms with Gasteiger partial charge in [-0.3, -0.25) is 14.5 Å². The van der Waals surface area contributed by atoms with Crippen LogP contribution in [0.4, 0.5) is 30.4 Å². The van der Waals surface area contributed by atoms with Crippen LogP contribution in [0.2, 0.25) is 0 Å². The second-order valence-electron chi connectivity index (χ2n) is 5.44. The summed E-state index contributed by atoms with van der Waals surface area (Å²) in [6.45, 7) is 3.31. The lowest BCUT2D eigenvalue weighted by atomic mass is 10.1. The summed E-state index contributed by atoms with van der Waals surface area (Å²) in [6.07, 6.45) is -2.77. The van der Waals surface area contributed by atoms with E-state index in [0.29, 0.717) is 12.1 Å². The molecule has 2 amide bonds. The summed E-state index contributed by atoms with van der Waals surface area (Å²) in [5.74, 6) is -0.424. The molecular formula is C18H18F3N3O2. The van der Waals surface area contributed by atoms with Crippen LogP contribution in [0.25, 0.3) is 0 Å². The molecule has 8 heteroatoms. The molecule has 0 saturated carbocycles. The first-order valence-electron chi connectivity index (χ1n) is 8.02. The molecule has 5 nitrogen and oxygen atoms in total. The monoisotopic (exact) mass is 365 g/mol. The molecule has 0 unspecified atom stereocenters. The van der Waals surface area contributed by atoms with Crippen LogP contribution in [0.1, 0.15) is 32.3 Å². The normalized spacial score (nSPS) is 11.1. The molecule has 0 spiro atoms. The lowest BCUT2D eigenvalue weighted by molar-refractivity contribution is -0.137. The number of nitrogens with one attached hydrogen (secondary N) is 1. The molecule has 0 aliphatic carbocycles. The van der Waals surface area contributed by atoms with E-state index in [1.54, 1.807) is 19.9 Å². The summed E-state index contributed by atoms with van der Waals surface area (Å²) in [5, 5.41) is 2.62. The Labute approximate surface area is 148 Å². The molecule has 0 bridgehead atoms. The summed E-state index contributed by atoms with van der Waals surface area (Å²) in [6, 6.07) is 7.51. The number of carbonyl (C=O) groups excluding carboxylic acids is 2. The molecule has 0 aliphatic heterocycles. The van der Waals surface area contributed by atoms with Crippen molar-refractivity contribution in [1.29, 1.82) is 0 Å². The molecule has 0 radical (unpaired) electrons. The molecule has 0 aliphatic rings. The molecule has 0 fully saturated rings. The Bertz CT molecular complexity index is 789. The SMILES string of the molecule is CCC(=O)Nc1ccc(N(C(=O)CC)c2cccc(C(F)(F)F)c2)nc1. The van der Waals surface area contributed by atoms with E-state index >= 15 is 0 Å². The lowest BCUT2D eigenvalue weighted by Gasteiger charge is -2.22. The Morgan fingerprint density at radius 3 is 2.38 bits per heavy atom. The van der Waals surface area contributed by atoms with Crippen LogP contribution in [0.3, 0.4) is 0 Å². The zero-order valence-electron chi connectivity index (χ0n) is 14.3. The first kappa shape index (κ1) is 19.4. The minimum Gasteiger partial charge on any atom is -0.325 e. The predicted molar refractivity (Wildman–Crippen MR) is 92.0 cm³/mol. The molecule has 2 rings (SSSR count). The summed E-state index contributed by atoms with van der Waals surface area (Å²) in [4.78, 5) is 29.0. The number of halogens is 3. The Hall–Kier alpha value is -2.90. The van der Waals surface area contributed by atoms with Crippen molar-refractivity contribution in [2.75, 3.05) is 10.2 Å². The number of nitrogens with zero attached hydrogens (tertiary/aromatic N) is 2. The van der Waals surface area contributed by atoms with Gasteiger partial charge in [0.2, 0.25) is 11.8 Å². The van der Waals surface area contributed by atoms with E-state index < -0.39 is 17.6 Å². The zero-order chi connectivity index (χ0) is 19.3. The molecule has 138 valence electrons. The second-order valence-corrected chi connectivity index (χ2v) is 5.44. The number of rotatable bonds is 5. The third kappa shape index (κ3) is 4.59. The molecular weight excluding hydrogens is 347 g/mol. The van der Waals surface area contributed by atoms with Crippen molar-refractivity contribution >= 4 is 29.0 Å². The average molecular weight is 365 g/mol. The first-order valence-corrected chi connectivity index (χ1v) is 8.02. The molecule has 0 atom stereocenters. The van der Waals surface area contributed by atoms with Crippen molar-refractivity contribution < 1.29 is 22.8 Å². The largest absolute Gasteiger partial charge is 0.416 e. The first-order chi connectivity index (χ1) is 12.3. The predicted octanol–water partition coefficient (Wildman–Crippen LogP) is 4.52. The Kier molecular flexibility index (Phi) is 5.97. The van der Waals surface area contributed by atoms with Crippen LogP contribution in [-0.2, 0) is 15.8 Å². The van der Waals surface area contributed by atoms with E-state index in [9.17, 15) is 22.8 Å². The topological polar surface area (TPSA) is 62.3 Å². The Balaban J connectivity index is 2.40. The van der Waals surface area contributed by atoms with Gasteiger partial charge in [0.1, 0.15) is 5.82 Å². The van der Waals surface area contributed by atoms with E-state index in [-0.39, 0.29) is 23.8 Å². The highest BCUT2D eigenvalue weighted by Crippen LogP contribution is 2.33. The number of amides is 2. The van der Waals surface area contributed by atoms with Crippen molar-refractivity contribution in [3.63, 3.8) is 0 Å². The fourth-order valence-corrected chi connectivity index (χ4v) is 2.23. The highest BCUT2D eigenvalue weighted by Gasteiger charge is 2.31. The van der Waals surface area contributed by atoms with Gasteiger partial charge in [-0.05, 0) is 30.3 Å². The molecule has 0 saturated heterocycles. The molecule has 1 N–H and O–H groups in total. The number of hydrogen-bond acceptors (Lipinski definition) is 3. The number of benzene rings is 1. The number of pyridine rings is 1. The number of hydrogen-bond donors (Lipinski definition) is 1. The number of anilines is 3. The summed E-state index contributed by atoms with van der Waals surface area (Å²) in [5.41, 5.74) is -0.339. The number of aromatic nitrogens is 1. The highest BCUT2D eigenvalue weighted by atomic mass is 19.4. The van der Waals surface area contributed by atoms with Crippen LogP contribution < -0.4 is 10.2 Å². The van der Waals surface area contributed by atoms with Gasteiger partial charge in [-0.15, -0.1) is 0 Å². The van der Waals surface area contributed by atoms with Crippen LogP contribution in [0.15, 0.2) is 42.6 Å². The summed E-state index contributed by atoms with van der Waals surface area (Å²) >= 11 is 0. The maximum absolute atomic E-state index is 13.0. The minimum absolute atomic E-state index is 0.0736. The van der Waals surface area contributed by atoms with Crippen LogP contribution in [0, 0.1) is 0 Å². The fourth-order valence-electron chi connectivity index (χ4n) is 2.23. The van der Waals surface area contributed by atoms with Gasteiger partial charge in [-0.25, -0.2) is 4.98 Å². The Morgan fingerprint density at radius 2 is 1.85 bits per heavy atom. The molecule has 1 aromatic heterocycles. The van der Waals surface area contributed by atoms with Gasteiger partial charge in [-0.1, -0.05) is 19.9 Å². The van der Waals surface area contributed by atoms with Crippen molar-refractivity contribution in [3.8, 4) is 0 Å². The van der Waals surface area contributed by atoms with Gasteiger partial charge in [0.15, 0.2) is 0 Å². The van der Waals surface area contributed by atoms with Crippen LogP contribution in [0.5, 0.6) is 0 Å². The average Bonchev–Trinajstić information content (AvgIpc) is 2.62. The zero-order valence-corrected chi connectivity index (χ0v) is 14.3. The minimum atomic E-state index is -4.52. The quantitative estimate of drug-likeness (QED) is 0.847. The standard InChI is InChI=1S/C18H18F3N3O2/c1-3-16(25)23-13-8-9-15(22-11-13)24(17(26)4-2)14-7-5-6-12(10-14)18(19,20)21/h5-11H,3-4H2,1-2H3,(H,23,25). The van der Waals surface area contributed by atoms with E-state index in [1.807, 2.05) is 0 Å². The van der Waals surface area contributed by atoms with Gasteiger partial charge in [0.05, 0.1) is 23.1 Å². The van der Waals surface area contributed by atoms with E-state index in [2.05, 4.69) is 10.3 Å². The summed E-state index contributed by atoms with van der Waals surface area (Å²) < 4.78 is 38.9. The fraction of sp³-hybridized carbons (Fsp3) is 0.278. The van der Waals surface area contributed by atoms with Crippen molar-refractivity contribution in [1.82, 2.24) is 4.98 Å². The van der Waals surface area contributed by atoms with Gasteiger partial charge in [-0.2, -0.15) is 13.2 Å². The molecule has 1 heterocycles. The maximum atomic E-state index is 13.0.